The van der Waals surface area contributed by atoms with E-state index in [1.54, 1.807) is 18.3 Å². The Kier molecular flexibility index (Phi) is 4.50. The number of aromatic nitrogens is 2. The molecule has 5 heteroatoms. The molecule has 0 saturated carbocycles. The van der Waals surface area contributed by atoms with Crippen molar-refractivity contribution in [1.82, 2.24) is 15.3 Å². The normalized spacial score (nSPS) is 10.3. The molecule has 0 aliphatic heterocycles. The zero-order chi connectivity index (χ0) is 12.8. The third kappa shape index (κ3) is 3.42. The van der Waals surface area contributed by atoms with Crippen LogP contribution in [-0.4, -0.2) is 16.5 Å². The van der Waals surface area contributed by atoms with Crippen LogP contribution in [0, 0.1) is 0 Å². The minimum atomic E-state index is 0.563. The van der Waals surface area contributed by atoms with Gasteiger partial charge in [-0.15, -0.1) is 0 Å². The fraction of sp³-hybridized carbons (Fsp3) is 0.231. The number of nitrogens with one attached hydrogen (secondary N) is 1. The van der Waals surface area contributed by atoms with Crippen LogP contribution in [0.3, 0.4) is 0 Å². The van der Waals surface area contributed by atoms with Gasteiger partial charge in [0.1, 0.15) is 12.1 Å². The molecule has 0 fully saturated rings. The summed E-state index contributed by atoms with van der Waals surface area (Å²) in [6, 6.07) is 7.17. The van der Waals surface area contributed by atoms with Crippen LogP contribution in [0.1, 0.15) is 12.5 Å². The predicted octanol–water partition coefficient (Wildman–Crippen LogP) is 3.03. The molecule has 4 nitrogen and oxygen atoms in total. The van der Waals surface area contributed by atoms with E-state index in [-0.39, 0.29) is 0 Å². The second-order valence-corrected chi connectivity index (χ2v) is 4.13. The minimum absolute atomic E-state index is 0.563. The third-order valence-corrected chi connectivity index (χ3v) is 2.59. The van der Waals surface area contributed by atoms with Crippen LogP contribution in [0.15, 0.2) is 36.8 Å². The molecule has 0 radical (unpaired) electrons. The zero-order valence-corrected chi connectivity index (χ0v) is 10.8. The van der Waals surface area contributed by atoms with Gasteiger partial charge in [0.2, 0.25) is 5.88 Å². The van der Waals surface area contributed by atoms with Gasteiger partial charge in [-0.2, -0.15) is 0 Å². The first-order valence-corrected chi connectivity index (χ1v) is 6.10. The molecule has 1 aromatic heterocycles. The lowest BCUT2D eigenvalue weighted by Gasteiger charge is -2.09. The molecule has 2 aromatic rings. The van der Waals surface area contributed by atoms with Gasteiger partial charge in [0, 0.05) is 23.3 Å². The number of halogens is 1. The van der Waals surface area contributed by atoms with Crippen molar-refractivity contribution >= 4 is 11.6 Å². The predicted molar refractivity (Wildman–Crippen MR) is 70.9 cm³/mol. The number of nitrogens with zero attached hydrogens (tertiary/aromatic N) is 2. The summed E-state index contributed by atoms with van der Waals surface area (Å²) < 4.78 is 5.71. The molecule has 0 aliphatic carbocycles. The lowest BCUT2D eigenvalue weighted by Crippen LogP contribution is -2.13. The van der Waals surface area contributed by atoms with Crippen LogP contribution in [0.5, 0.6) is 11.6 Å². The van der Waals surface area contributed by atoms with Crippen molar-refractivity contribution in [2.45, 2.75) is 13.5 Å². The fourth-order valence-corrected chi connectivity index (χ4v) is 1.56. The summed E-state index contributed by atoms with van der Waals surface area (Å²) in [4.78, 5) is 8.14. The van der Waals surface area contributed by atoms with Crippen molar-refractivity contribution in [3.63, 3.8) is 0 Å². The Hall–Kier alpha value is -1.65. The monoisotopic (exact) mass is 263 g/mol. The average molecular weight is 264 g/mol. The first kappa shape index (κ1) is 12.8. The summed E-state index contributed by atoms with van der Waals surface area (Å²) in [5, 5.41) is 3.90. The van der Waals surface area contributed by atoms with E-state index in [1.807, 2.05) is 19.1 Å². The fourth-order valence-electron chi connectivity index (χ4n) is 1.43. The first-order valence-electron chi connectivity index (χ1n) is 5.72. The Morgan fingerprint density at radius 2 is 2.06 bits per heavy atom. The Bertz CT molecular complexity index is 502. The summed E-state index contributed by atoms with van der Waals surface area (Å²) >= 11 is 5.82. The molecule has 0 saturated heterocycles. The molecule has 0 spiro atoms. The molecule has 0 unspecified atom stereocenters. The quantitative estimate of drug-likeness (QED) is 0.901. The highest BCUT2D eigenvalue weighted by atomic mass is 35.5. The molecule has 94 valence electrons. The van der Waals surface area contributed by atoms with E-state index in [1.165, 1.54) is 6.33 Å². The molecule has 0 bridgehead atoms. The Labute approximate surface area is 111 Å². The van der Waals surface area contributed by atoms with Crippen molar-refractivity contribution in [3.8, 4) is 11.6 Å². The second-order valence-electron chi connectivity index (χ2n) is 3.69. The van der Waals surface area contributed by atoms with Gasteiger partial charge in [0.15, 0.2) is 0 Å². The lowest BCUT2D eigenvalue weighted by atomic mass is 10.3. The number of hydrogen-bond acceptors (Lipinski definition) is 4. The number of hydrogen-bond donors (Lipinski definition) is 1. The van der Waals surface area contributed by atoms with E-state index < -0.39 is 0 Å². The first-order chi connectivity index (χ1) is 8.79. The van der Waals surface area contributed by atoms with Gasteiger partial charge in [-0.05, 0) is 30.8 Å². The van der Waals surface area contributed by atoms with Crippen LogP contribution in [0.2, 0.25) is 5.02 Å². The summed E-state index contributed by atoms with van der Waals surface area (Å²) in [7, 11) is 0. The third-order valence-electron chi connectivity index (χ3n) is 2.34. The minimum Gasteiger partial charge on any atom is -0.439 e. The van der Waals surface area contributed by atoms with E-state index in [9.17, 15) is 0 Å². The van der Waals surface area contributed by atoms with Gasteiger partial charge >= 0.3 is 0 Å². The maximum absolute atomic E-state index is 5.82. The molecular weight excluding hydrogens is 250 g/mol. The van der Waals surface area contributed by atoms with Gasteiger partial charge in [-0.3, -0.25) is 0 Å². The van der Waals surface area contributed by atoms with Crippen molar-refractivity contribution in [3.05, 3.63) is 47.4 Å². The number of ether oxygens (including phenoxy) is 1. The van der Waals surface area contributed by atoms with Gasteiger partial charge < -0.3 is 10.1 Å². The van der Waals surface area contributed by atoms with Crippen molar-refractivity contribution < 1.29 is 4.74 Å². The average Bonchev–Trinajstić information content (AvgIpc) is 2.40. The van der Waals surface area contributed by atoms with Crippen molar-refractivity contribution in [2.24, 2.45) is 0 Å². The maximum Gasteiger partial charge on any atom is 0.226 e. The molecule has 0 aliphatic rings. The Morgan fingerprint density at radius 3 is 2.78 bits per heavy atom. The summed E-state index contributed by atoms with van der Waals surface area (Å²) in [5.41, 5.74) is 0.925. The highest BCUT2D eigenvalue weighted by molar-refractivity contribution is 6.30. The number of rotatable bonds is 5. The van der Waals surface area contributed by atoms with Gasteiger partial charge in [-0.25, -0.2) is 9.97 Å². The van der Waals surface area contributed by atoms with Crippen LogP contribution < -0.4 is 10.1 Å². The molecule has 1 heterocycles. The molecule has 18 heavy (non-hydrogen) atoms. The molecule has 2 rings (SSSR count). The van der Waals surface area contributed by atoms with Gasteiger partial charge in [0.05, 0.1) is 0 Å². The Morgan fingerprint density at radius 1 is 1.28 bits per heavy atom. The van der Waals surface area contributed by atoms with Crippen molar-refractivity contribution in [2.75, 3.05) is 6.54 Å². The maximum atomic E-state index is 5.82. The molecular formula is C13H14ClN3O. The van der Waals surface area contributed by atoms with E-state index in [0.29, 0.717) is 23.2 Å². The largest absolute Gasteiger partial charge is 0.439 e. The van der Waals surface area contributed by atoms with Gasteiger partial charge in [0.25, 0.3) is 0 Å². The van der Waals surface area contributed by atoms with E-state index in [4.69, 9.17) is 16.3 Å². The lowest BCUT2D eigenvalue weighted by molar-refractivity contribution is 0.451. The Balaban J connectivity index is 2.15. The summed E-state index contributed by atoms with van der Waals surface area (Å²) in [5.74, 6) is 1.27. The van der Waals surface area contributed by atoms with Crippen LogP contribution in [0.25, 0.3) is 0 Å². The van der Waals surface area contributed by atoms with Crippen molar-refractivity contribution in [1.29, 1.82) is 0 Å². The van der Waals surface area contributed by atoms with Crippen LogP contribution in [-0.2, 0) is 6.54 Å². The molecule has 0 atom stereocenters. The highest BCUT2D eigenvalue weighted by Gasteiger charge is 2.06. The van der Waals surface area contributed by atoms with E-state index >= 15 is 0 Å². The smallest absolute Gasteiger partial charge is 0.226 e. The SMILES string of the molecule is CCNCc1cncnc1Oc1ccc(Cl)cc1. The molecule has 1 aromatic carbocycles. The van der Waals surface area contributed by atoms with Crippen LogP contribution >= 0.6 is 11.6 Å². The summed E-state index contributed by atoms with van der Waals surface area (Å²) in [6.45, 7) is 3.61. The van der Waals surface area contributed by atoms with E-state index in [2.05, 4.69) is 15.3 Å². The number of benzene rings is 1. The highest BCUT2D eigenvalue weighted by Crippen LogP contribution is 2.23. The summed E-state index contributed by atoms with van der Waals surface area (Å²) in [6.07, 6.45) is 3.22. The van der Waals surface area contributed by atoms with E-state index in [0.717, 1.165) is 12.1 Å². The van der Waals surface area contributed by atoms with Crippen LogP contribution in [0.4, 0.5) is 0 Å². The molecule has 0 amide bonds. The second kappa shape index (κ2) is 6.33. The standard InChI is InChI=1S/C13H14ClN3O/c1-2-15-7-10-8-16-9-17-13(10)18-12-5-3-11(14)4-6-12/h3-6,8-9,15H,2,7H2,1H3. The zero-order valence-electron chi connectivity index (χ0n) is 10.1. The topological polar surface area (TPSA) is 47.0 Å². The van der Waals surface area contributed by atoms with Gasteiger partial charge in [-0.1, -0.05) is 18.5 Å². The molecule has 1 N–H and O–H groups in total.